The first-order valence-electron chi connectivity index (χ1n) is 8.60. The van der Waals surface area contributed by atoms with Crippen molar-refractivity contribution < 1.29 is 39.3 Å². The minimum Gasteiger partial charge on any atom is -0.481 e. The highest BCUT2D eigenvalue weighted by Gasteiger charge is 2.30. The Labute approximate surface area is 161 Å². The molecule has 0 saturated heterocycles. The Kier molecular flexibility index (Phi) is 10.7. The molecule has 8 N–H and O–H groups in total. The predicted molar refractivity (Wildman–Crippen MR) is 95.9 cm³/mol. The first kappa shape index (κ1) is 25.3. The van der Waals surface area contributed by atoms with Crippen molar-refractivity contribution in [3.63, 3.8) is 0 Å². The second-order valence-electron chi connectivity index (χ2n) is 6.74. The Balaban J connectivity index is 4.88. The van der Waals surface area contributed by atoms with E-state index in [2.05, 4.69) is 16.0 Å². The van der Waals surface area contributed by atoms with Crippen LogP contribution in [0, 0.1) is 5.92 Å². The number of carboxylic acid groups (broad SMARTS) is 2. The van der Waals surface area contributed by atoms with Gasteiger partial charge in [-0.25, -0.2) is 4.79 Å². The van der Waals surface area contributed by atoms with E-state index in [1.807, 2.05) is 0 Å². The van der Waals surface area contributed by atoms with Crippen molar-refractivity contribution in [2.24, 2.45) is 11.7 Å². The lowest BCUT2D eigenvalue weighted by Crippen LogP contribution is -2.56. The summed E-state index contributed by atoms with van der Waals surface area (Å²) in [5.74, 6) is -5.14. The molecule has 12 heteroatoms. The zero-order valence-corrected chi connectivity index (χ0v) is 16.0. The van der Waals surface area contributed by atoms with Crippen LogP contribution in [0.1, 0.15) is 33.6 Å². The fourth-order valence-electron chi connectivity index (χ4n) is 2.17. The normalized spacial score (nSPS) is 15.1. The molecule has 0 bridgehead atoms. The summed E-state index contributed by atoms with van der Waals surface area (Å²) in [6.45, 7) is 4.21. The highest BCUT2D eigenvalue weighted by molar-refractivity contribution is 5.93. The van der Waals surface area contributed by atoms with Gasteiger partial charge in [0.15, 0.2) is 6.04 Å². The van der Waals surface area contributed by atoms with Crippen molar-refractivity contribution in [2.45, 2.75) is 57.8 Å². The lowest BCUT2D eigenvalue weighted by atomic mass is 10.0. The SMILES string of the molecule is CC(C)CC(NC(=O)CNC(=O)C(N)CC(=O)O)C(=O)NC(C(=O)O)C(C)O. The standard InChI is InChI=1S/C16H28N4O8/c1-7(2)4-10(15(26)20-13(8(3)21)16(27)28)19-11(22)6-18-14(25)9(17)5-12(23)24/h7-10,13,21H,4-6,17H2,1-3H3,(H,18,25)(H,19,22)(H,20,26)(H,23,24)(H,27,28). The number of carbonyl (C=O) groups is 5. The molecule has 4 atom stereocenters. The number of amides is 3. The average Bonchev–Trinajstić information content (AvgIpc) is 2.54. The summed E-state index contributed by atoms with van der Waals surface area (Å²) in [6, 6.07) is -3.98. The first-order chi connectivity index (χ1) is 12.8. The second kappa shape index (κ2) is 11.9. The molecule has 12 nitrogen and oxygen atoms in total. The fraction of sp³-hybridized carbons (Fsp3) is 0.688. The zero-order chi connectivity index (χ0) is 22.0. The van der Waals surface area contributed by atoms with E-state index < -0.39 is 66.9 Å². The zero-order valence-electron chi connectivity index (χ0n) is 16.0. The van der Waals surface area contributed by atoms with Gasteiger partial charge >= 0.3 is 11.9 Å². The van der Waals surface area contributed by atoms with E-state index >= 15 is 0 Å². The van der Waals surface area contributed by atoms with Crippen molar-refractivity contribution in [3.8, 4) is 0 Å². The van der Waals surface area contributed by atoms with E-state index in [1.165, 1.54) is 6.92 Å². The number of hydrogen-bond acceptors (Lipinski definition) is 7. The van der Waals surface area contributed by atoms with E-state index in [4.69, 9.17) is 15.9 Å². The minimum absolute atomic E-state index is 0.0375. The molecule has 0 aromatic carbocycles. The van der Waals surface area contributed by atoms with Crippen molar-refractivity contribution in [3.05, 3.63) is 0 Å². The number of rotatable bonds is 12. The molecule has 0 aliphatic carbocycles. The molecule has 0 radical (unpaired) electrons. The maximum absolute atomic E-state index is 12.3. The molecule has 0 fully saturated rings. The predicted octanol–water partition coefficient (Wildman–Crippen LogP) is -2.61. The lowest BCUT2D eigenvalue weighted by Gasteiger charge is -2.24. The van der Waals surface area contributed by atoms with Crippen molar-refractivity contribution in [2.75, 3.05) is 6.54 Å². The molecule has 0 heterocycles. The van der Waals surface area contributed by atoms with Crippen molar-refractivity contribution >= 4 is 29.7 Å². The third-order valence-electron chi connectivity index (χ3n) is 3.56. The van der Waals surface area contributed by atoms with E-state index in [1.54, 1.807) is 13.8 Å². The van der Waals surface area contributed by atoms with Gasteiger partial charge < -0.3 is 37.0 Å². The van der Waals surface area contributed by atoms with Crippen LogP contribution in [0.4, 0.5) is 0 Å². The number of carboxylic acids is 2. The van der Waals surface area contributed by atoms with E-state index in [-0.39, 0.29) is 12.3 Å². The van der Waals surface area contributed by atoms with Gasteiger partial charge in [0.1, 0.15) is 6.04 Å². The van der Waals surface area contributed by atoms with Gasteiger partial charge in [0, 0.05) is 0 Å². The number of nitrogens with one attached hydrogen (secondary N) is 3. The topological polar surface area (TPSA) is 208 Å². The van der Waals surface area contributed by atoms with Crippen molar-refractivity contribution in [1.82, 2.24) is 16.0 Å². The minimum atomic E-state index is -1.55. The average molecular weight is 404 g/mol. The number of aliphatic carboxylic acids is 2. The Morgan fingerprint density at radius 1 is 0.964 bits per heavy atom. The summed E-state index contributed by atoms with van der Waals surface area (Å²) in [6.07, 6.45) is -1.79. The van der Waals surface area contributed by atoms with E-state index in [9.17, 15) is 29.1 Å². The van der Waals surface area contributed by atoms with Gasteiger partial charge in [-0.15, -0.1) is 0 Å². The third kappa shape index (κ3) is 9.83. The molecule has 3 amide bonds. The number of nitrogens with two attached hydrogens (primary N) is 1. The Bertz CT molecular complexity index is 593. The van der Waals surface area contributed by atoms with Crippen LogP contribution in [0.5, 0.6) is 0 Å². The lowest BCUT2D eigenvalue weighted by molar-refractivity contribution is -0.145. The summed E-state index contributed by atoms with van der Waals surface area (Å²) in [7, 11) is 0. The smallest absolute Gasteiger partial charge is 0.328 e. The van der Waals surface area contributed by atoms with Crippen LogP contribution in [0.2, 0.25) is 0 Å². The molecule has 0 saturated carbocycles. The van der Waals surface area contributed by atoms with Crippen LogP contribution in [0.25, 0.3) is 0 Å². The summed E-state index contributed by atoms with van der Waals surface area (Å²) in [4.78, 5) is 57.6. The molecule has 0 rings (SSSR count). The highest BCUT2D eigenvalue weighted by Crippen LogP contribution is 2.06. The van der Waals surface area contributed by atoms with Gasteiger partial charge in [0.05, 0.1) is 25.1 Å². The fourth-order valence-corrected chi connectivity index (χ4v) is 2.17. The molecular formula is C16H28N4O8. The molecule has 0 aliphatic heterocycles. The quantitative estimate of drug-likeness (QED) is 0.181. The molecule has 160 valence electrons. The highest BCUT2D eigenvalue weighted by atomic mass is 16.4. The van der Waals surface area contributed by atoms with Gasteiger partial charge in [-0.3, -0.25) is 19.2 Å². The molecule has 0 aromatic heterocycles. The molecule has 28 heavy (non-hydrogen) atoms. The largest absolute Gasteiger partial charge is 0.481 e. The van der Waals surface area contributed by atoms with Crippen molar-refractivity contribution in [1.29, 1.82) is 0 Å². The molecule has 4 unspecified atom stereocenters. The maximum Gasteiger partial charge on any atom is 0.328 e. The summed E-state index contributed by atoms with van der Waals surface area (Å²) >= 11 is 0. The Morgan fingerprint density at radius 3 is 1.96 bits per heavy atom. The Hall–Kier alpha value is -2.73. The van der Waals surface area contributed by atoms with E-state index in [0.29, 0.717) is 0 Å². The van der Waals surface area contributed by atoms with Crippen LogP contribution in [-0.4, -0.2) is 75.8 Å². The van der Waals surface area contributed by atoms with Crippen LogP contribution >= 0.6 is 0 Å². The first-order valence-corrected chi connectivity index (χ1v) is 8.60. The van der Waals surface area contributed by atoms with Crippen LogP contribution in [0.3, 0.4) is 0 Å². The summed E-state index contributed by atoms with van der Waals surface area (Å²) < 4.78 is 0. The van der Waals surface area contributed by atoms with Crippen LogP contribution in [-0.2, 0) is 24.0 Å². The molecular weight excluding hydrogens is 376 g/mol. The molecule has 0 spiro atoms. The summed E-state index contributed by atoms with van der Waals surface area (Å²) in [5, 5.41) is 33.7. The summed E-state index contributed by atoms with van der Waals surface area (Å²) in [5.41, 5.74) is 5.36. The maximum atomic E-state index is 12.3. The van der Waals surface area contributed by atoms with Gasteiger partial charge in [-0.1, -0.05) is 13.8 Å². The van der Waals surface area contributed by atoms with Gasteiger partial charge in [0.2, 0.25) is 17.7 Å². The van der Waals surface area contributed by atoms with Gasteiger partial charge in [-0.05, 0) is 19.3 Å². The van der Waals surface area contributed by atoms with Crippen LogP contribution in [0.15, 0.2) is 0 Å². The number of hydrogen-bond donors (Lipinski definition) is 7. The Morgan fingerprint density at radius 2 is 1.54 bits per heavy atom. The molecule has 0 aliphatic rings. The second-order valence-corrected chi connectivity index (χ2v) is 6.74. The number of aliphatic hydroxyl groups is 1. The van der Waals surface area contributed by atoms with E-state index in [0.717, 1.165) is 0 Å². The van der Waals surface area contributed by atoms with Gasteiger partial charge in [-0.2, -0.15) is 0 Å². The molecule has 0 aromatic rings. The monoisotopic (exact) mass is 404 g/mol. The third-order valence-corrected chi connectivity index (χ3v) is 3.56. The number of carbonyl (C=O) groups excluding carboxylic acids is 3. The van der Waals surface area contributed by atoms with Crippen LogP contribution < -0.4 is 21.7 Å². The number of aliphatic hydroxyl groups excluding tert-OH is 1. The van der Waals surface area contributed by atoms with Gasteiger partial charge in [0.25, 0.3) is 0 Å².